The fraction of sp³-hybridized carbons (Fsp3) is 0.583. The molecule has 2 heterocycles. The zero-order valence-electron chi connectivity index (χ0n) is 9.19. The number of aromatic nitrogens is 1. The summed E-state index contributed by atoms with van der Waals surface area (Å²) in [6.07, 6.45) is 3.03. The van der Waals surface area contributed by atoms with Gasteiger partial charge in [-0.15, -0.1) is 0 Å². The first-order valence-electron chi connectivity index (χ1n) is 5.52. The van der Waals surface area contributed by atoms with E-state index in [4.69, 9.17) is 5.11 Å². The molecule has 0 aromatic carbocycles. The zero-order chi connectivity index (χ0) is 10.7. The second-order valence-corrected chi connectivity index (χ2v) is 4.40. The lowest BCUT2D eigenvalue weighted by Gasteiger charge is -2.14. The van der Waals surface area contributed by atoms with Crippen LogP contribution in [0.1, 0.15) is 17.7 Å². The lowest BCUT2D eigenvalue weighted by molar-refractivity contribution is 0.219. The predicted octanol–water partition coefficient (Wildman–Crippen LogP) is 1.20. The van der Waals surface area contributed by atoms with Gasteiger partial charge in [-0.05, 0) is 37.4 Å². The van der Waals surface area contributed by atoms with Crippen LogP contribution in [0.3, 0.4) is 0 Å². The fourth-order valence-corrected chi connectivity index (χ4v) is 2.03. The summed E-state index contributed by atoms with van der Waals surface area (Å²) in [5.41, 5.74) is 2.33. The minimum absolute atomic E-state index is 0.317. The van der Waals surface area contributed by atoms with Crippen molar-refractivity contribution in [3.63, 3.8) is 0 Å². The Hall–Kier alpha value is -0.930. The van der Waals surface area contributed by atoms with Crippen LogP contribution in [0.5, 0.6) is 0 Å². The molecule has 1 fully saturated rings. The summed E-state index contributed by atoms with van der Waals surface area (Å²) >= 11 is 0. The Kier molecular flexibility index (Phi) is 3.34. The molecule has 1 saturated heterocycles. The van der Waals surface area contributed by atoms with Gasteiger partial charge in [0, 0.05) is 25.9 Å². The van der Waals surface area contributed by atoms with Crippen molar-refractivity contribution in [2.75, 3.05) is 19.7 Å². The second-order valence-electron chi connectivity index (χ2n) is 4.40. The van der Waals surface area contributed by atoms with Crippen LogP contribution in [-0.2, 0) is 6.54 Å². The largest absolute Gasteiger partial charge is 0.396 e. The molecule has 3 nitrogen and oxygen atoms in total. The molecular formula is C12H18N2O. The SMILES string of the molecule is Cc1ccc(CN2CCC(CO)C2)nc1. The average molecular weight is 206 g/mol. The maximum Gasteiger partial charge on any atom is 0.0544 e. The Morgan fingerprint density at radius 1 is 1.53 bits per heavy atom. The zero-order valence-corrected chi connectivity index (χ0v) is 9.19. The van der Waals surface area contributed by atoms with Crippen LogP contribution in [0.4, 0.5) is 0 Å². The Morgan fingerprint density at radius 3 is 3.00 bits per heavy atom. The van der Waals surface area contributed by atoms with Gasteiger partial charge in [-0.3, -0.25) is 9.88 Å². The van der Waals surface area contributed by atoms with E-state index in [-0.39, 0.29) is 0 Å². The summed E-state index contributed by atoms with van der Waals surface area (Å²) in [5.74, 6) is 0.468. The summed E-state index contributed by atoms with van der Waals surface area (Å²) in [5, 5.41) is 9.04. The van der Waals surface area contributed by atoms with E-state index in [1.807, 2.05) is 6.20 Å². The van der Waals surface area contributed by atoms with Crippen molar-refractivity contribution in [1.82, 2.24) is 9.88 Å². The highest BCUT2D eigenvalue weighted by Gasteiger charge is 2.21. The Bertz CT molecular complexity index is 310. The number of aliphatic hydroxyl groups excluding tert-OH is 1. The molecule has 0 spiro atoms. The number of hydrogen-bond acceptors (Lipinski definition) is 3. The predicted molar refractivity (Wildman–Crippen MR) is 59.4 cm³/mol. The number of nitrogens with zero attached hydrogens (tertiary/aromatic N) is 2. The van der Waals surface area contributed by atoms with Crippen molar-refractivity contribution < 1.29 is 5.11 Å². The standard InChI is InChI=1S/C12H18N2O/c1-10-2-3-12(13-6-10)8-14-5-4-11(7-14)9-15/h2-3,6,11,15H,4-5,7-9H2,1H3. The van der Waals surface area contributed by atoms with Crippen molar-refractivity contribution in [2.24, 2.45) is 5.92 Å². The molecule has 1 atom stereocenters. The first-order valence-corrected chi connectivity index (χ1v) is 5.52. The van der Waals surface area contributed by atoms with Gasteiger partial charge in [-0.25, -0.2) is 0 Å². The second kappa shape index (κ2) is 4.73. The number of likely N-dealkylation sites (tertiary alicyclic amines) is 1. The third-order valence-electron chi connectivity index (χ3n) is 2.99. The lowest BCUT2D eigenvalue weighted by Crippen LogP contribution is -2.21. The molecular weight excluding hydrogens is 188 g/mol. The molecule has 1 unspecified atom stereocenters. The molecule has 0 aliphatic carbocycles. The molecule has 1 aliphatic rings. The van der Waals surface area contributed by atoms with Crippen molar-refractivity contribution in [3.8, 4) is 0 Å². The monoisotopic (exact) mass is 206 g/mol. The molecule has 1 aromatic rings. The van der Waals surface area contributed by atoms with Crippen LogP contribution in [-0.4, -0.2) is 34.7 Å². The van der Waals surface area contributed by atoms with Crippen molar-refractivity contribution in [2.45, 2.75) is 19.9 Å². The van der Waals surface area contributed by atoms with Gasteiger partial charge in [0.1, 0.15) is 0 Å². The third-order valence-corrected chi connectivity index (χ3v) is 2.99. The molecule has 82 valence electrons. The average Bonchev–Trinajstić information content (AvgIpc) is 2.69. The molecule has 15 heavy (non-hydrogen) atoms. The van der Waals surface area contributed by atoms with Gasteiger partial charge in [0.05, 0.1) is 5.69 Å². The molecule has 0 radical (unpaired) electrons. The van der Waals surface area contributed by atoms with Gasteiger partial charge in [-0.1, -0.05) is 6.07 Å². The van der Waals surface area contributed by atoms with Crippen LogP contribution in [0.25, 0.3) is 0 Å². The first-order chi connectivity index (χ1) is 7.28. The van der Waals surface area contributed by atoms with Crippen molar-refractivity contribution >= 4 is 0 Å². The van der Waals surface area contributed by atoms with Crippen LogP contribution in [0.15, 0.2) is 18.3 Å². The third kappa shape index (κ3) is 2.76. The molecule has 3 heteroatoms. The van der Waals surface area contributed by atoms with Gasteiger partial charge < -0.3 is 5.11 Å². The van der Waals surface area contributed by atoms with E-state index in [1.165, 1.54) is 5.56 Å². The summed E-state index contributed by atoms with van der Waals surface area (Å²) in [6, 6.07) is 4.18. The summed E-state index contributed by atoms with van der Waals surface area (Å²) in [4.78, 5) is 6.75. The number of aryl methyl sites for hydroxylation is 1. The Labute approximate surface area is 90.8 Å². The molecule has 0 bridgehead atoms. The van der Waals surface area contributed by atoms with Crippen LogP contribution in [0, 0.1) is 12.8 Å². The lowest BCUT2D eigenvalue weighted by atomic mass is 10.1. The van der Waals surface area contributed by atoms with Crippen LogP contribution < -0.4 is 0 Å². The smallest absolute Gasteiger partial charge is 0.0544 e. The molecule has 1 N–H and O–H groups in total. The summed E-state index contributed by atoms with van der Waals surface area (Å²) in [6.45, 7) is 5.37. The highest BCUT2D eigenvalue weighted by molar-refractivity contribution is 5.12. The molecule has 1 aromatic heterocycles. The number of hydrogen-bond donors (Lipinski definition) is 1. The van der Waals surface area contributed by atoms with Crippen molar-refractivity contribution in [3.05, 3.63) is 29.6 Å². The minimum Gasteiger partial charge on any atom is -0.396 e. The molecule has 0 amide bonds. The maximum atomic E-state index is 9.04. The summed E-state index contributed by atoms with van der Waals surface area (Å²) < 4.78 is 0. The Morgan fingerprint density at radius 2 is 2.40 bits per heavy atom. The number of aliphatic hydroxyl groups is 1. The van der Waals surface area contributed by atoms with E-state index >= 15 is 0 Å². The molecule has 2 rings (SSSR count). The summed E-state index contributed by atoms with van der Waals surface area (Å²) in [7, 11) is 0. The van der Waals surface area contributed by atoms with Gasteiger partial charge >= 0.3 is 0 Å². The topological polar surface area (TPSA) is 36.4 Å². The van der Waals surface area contributed by atoms with E-state index < -0.39 is 0 Å². The quantitative estimate of drug-likeness (QED) is 0.807. The molecule has 1 aliphatic heterocycles. The van der Waals surface area contributed by atoms with Crippen LogP contribution >= 0.6 is 0 Å². The molecule has 0 saturated carbocycles. The van der Waals surface area contributed by atoms with Gasteiger partial charge in [-0.2, -0.15) is 0 Å². The normalized spacial score (nSPS) is 22.1. The van der Waals surface area contributed by atoms with Gasteiger partial charge in [0.15, 0.2) is 0 Å². The highest BCUT2D eigenvalue weighted by Crippen LogP contribution is 2.17. The highest BCUT2D eigenvalue weighted by atomic mass is 16.3. The van der Waals surface area contributed by atoms with E-state index in [0.29, 0.717) is 12.5 Å². The maximum absolute atomic E-state index is 9.04. The van der Waals surface area contributed by atoms with E-state index in [1.54, 1.807) is 0 Å². The number of rotatable bonds is 3. The first kappa shape index (κ1) is 10.6. The van der Waals surface area contributed by atoms with Crippen LogP contribution in [0.2, 0.25) is 0 Å². The van der Waals surface area contributed by atoms with E-state index in [0.717, 1.165) is 31.7 Å². The van der Waals surface area contributed by atoms with Gasteiger partial charge in [0.25, 0.3) is 0 Å². The Balaban J connectivity index is 1.90. The fourth-order valence-electron chi connectivity index (χ4n) is 2.03. The van der Waals surface area contributed by atoms with E-state index in [2.05, 4.69) is 28.9 Å². The van der Waals surface area contributed by atoms with Gasteiger partial charge in [0.2, 0.25) is 0 Å². The van der Waals surface area contributed by atoms with E-state index in [9.17, 15) is 0 Å². The number of pyridine rings is 1. The van der Waals surface area contributed by atoms with Crippen molar-refractivity contribution in [1.29, 1.82) is 0 Å². The minimum atomic E-state index is 0.317.